The van der Waals surface area contributed by atoms with Crippen molar-refractivity contribution in [2.75, 3.05) is 27.2 Å². The highest BCUT2D eigenvalue weighted by Crippen LogP contribution is 2.27. The van der Waals surface area contributed by atoms with E-state index in [1.165, 1.54) is 18.5 Å². The number of allylic oxidation sites excluding steroid dienone is 1. The van der Waals surface area contributed by atoms with Gasteiger partial charge in [0.1, 0.15) is 0 Å². The molecular formula is C12H20N2O. The van der Waals surface area contributed by atoms with Crippen LogP contribution in [0.15, 0.2) is 11.3 Å². The summed E-state index contributed by atoms with van der Waals surface area (Å²) in [7, 11) is 4.02. The minimum absolute atomic E-state index is 0.255. The van der Waals surface area contributed by atoms with Crippen molar-refractivity contribution in [2.45, 2.75) is 32.1 Å². The Morgan fingerprint density at radius 3 is 2.40 bits per heavy atom. The number of likely N-dealkylation sites (N-methyl/N-ethyl adjacent to an activating group) is 1. The molecule has 2 aliphatic rings. The molecule has 2 saturated heterocycles. The molecule has 3 heteroatoms. The van der Waals surface area contributed by atoms with Crippen molar-refractivity contribution in [3.63, 3.8) is 0 Å². The van der Waals surface area contributed by atoms with Crippen molar-refractivity contribution in [3.8, 4) is 0 Å². The van der Waals surface area contributed by atoms with Gasteiger partial charge in [0.2, 0.25) is 0 Å². The maximum absolute atomic E-state index is 12.0. The van der Waals surface area contributed by atoms with Crippen LogP contribution in [0.2, 0.25) is 0 Å². The van der Waals surface area contributed by atoms with E-state index in [-0.39, 0.29) is 5.91 Å². The molecule has 2 heterocycles. The summed E-state index contributed by atoms with van der Waals surface area (Å²) in [5.41, 5.74) is 2.38. The Morgan fingerprint density at radius 1 is 0.933 bits per heavy atom. The average Bonchev–Trinajstić information content (AvgIpc) is 2.23. The smallest absolute Gasteiger partial charge is 0.251 e. The van der Waals surface area contributed by atoms with Crippen molar-refractivity contribution in [1.29, 1.82) is 0 Å². The lowest BCUT2D eigenvalue weighted by molar-refractivity contribution is -0.127. The predicted molar refractivity (Wildman–Crippen MR) is 60.4 cm³/mol. The Labute approximate surface area is 91.7 Å². The number of piperidine rings is 2. The largest absolute Gasteiger partial charge is 0.378 e. The second kappa shape index (κ2) is 4.25. The molecular weight excluding hydrogens is 188 g/mol. The Bertz CT molecular complexity index is 296. The molecule has 0 N–H and O–H groups in total. The Morgan fingerprint density at radius 2 is 1.67 bits per heavy atom. The van der Waals surface area contributed by atoms with Gasteiger partial charge in [-0.2, -0.15) is 0 Å². The fraction of sp³-hybridized carbons (Fsp3) is 0.750. The lowest BCUT2D eigenvalue weighted by Crippen LogP contribution is -2.36. The summed E-state index contributed by atoms with van der Waals surface area (Å²) in [6.07, 6.45) is 5.68. The molecule has 2 fully saturated rings. The van der Waals surface area contributed by atoms with Gasteiger partial charge in [0, 0.05) is 38.5 Å². The zero-order valence-corrected chi connectivity index (χ0v) is 9.75. The van der Waals surface area contributed by atoms with Crippen LogP contribution < -0.4 is 0 Å². The van der Waals surface area contributed by atoms with Crippen LogP contribution in [0.25, 0.3) is 0 Å². The third-order valence-electron chi connectivity index (χ3n) is 3.49. The van der Waals surface area contributed by atoms with Gasteiger partial charge >= 0.3 is 0 Å². The first-order chi connectivity index (χ1) is 7.20. The van der Waals surface area contributed by atoms with E-state index in [9.17, 15) is 4.79 Å². The number of carbonyl (C=O) groups excluding carboxylic acids is 1. The standard InChI is InChI=1S/C12H20N2O/c1-13-8-4-3-7-11(13)10-6-5-9-14(2)12(10)15/h3-9H2,1-2H3. The third-order valence-corrected chi connectivity index (χ3v) is 3.49. The molecule has 0 radical (unpaired) electrons. The Kier molecular flexibility index (Phi) is 2.98. The number of nitrogens with zero attached hydrogens (tertiary/aromatic N) is 2. The average molecular weight is 208 g/mol. The lowest BCUT2D eigenvalue weighted by Gasteiger charge is -2.33. The topological polar surface area (TPSA) is 23.6 Å². The molecule has 84 valence electrons. The molecule has 3 nitrogen and oxygen atoms in total. The van der Waals surface area contributed by atoms with Crippen molar-refractivity contribution < 1.29 is 4.79 Å². The minimum Gasteiger partial charge on any atom is -0.378 e. The highest BCUT2D eigenvalue weighted by molar-refractivity contribution is 5.94. The van der Waals surface area contributed by atoms with E-state index in [4.69, 9.17) is 0 Å². The Balaban J connectivity index is 2.25. The first-order valence-electron chi connectivity index (χ1n) is 5.89. The molecule has 0 aliphatic carbocycles. The van der Waals surface area contributed by atoms with Gasteiger partial charge in [0.05, 0.1) is 0 Å². The number of hydrogen-bond acceptors (Lipinski definition) is 2. The molecule has 0 bridgehead atoms. The van der Waals surface area contributed by atoms with Gasteiger partial charge in [0.15, 0.2) is 0 Å². The summed E-state index contributed by atoms with van der Waals surface area (Å²) < 4.78 is 0. The number of amides is 1. The van der Waals surface area contributed by atoms with Crippen LogP contribution in [0.1, 0.15) is 32.1 Å². The van der Waals surface area contributed by atoms with E-state index in [1.807, 2.05) is 11.9 Å². The molecule has 0 atom stereocenters. The predicted octanol–water partition coefficient (Wildman–Crippen LogP) is 1.61. The number of carbonyl (C=O) groups is 1. The van der Waals surface area contributed by atoms with Crippen LogP contribution in [-0.2, 0) is 4.79 Å². The quantitative estimate of drug-likeness (QED) is 0.565. The molecule has 0 spiro atoms. The van der Waals surface area contributed by atoms with Crippen molar-refractivity contribution in [3.05, 3.63) is 11.3 Å². The van der Waals surface area contributed by atoms with Crippen molar-refractivity contribution >= 4 is 5.91 Å². The van der Waals surface area contributed by atoms with Gasteiger partial charge < -0.3 is 9.80 Å². The van der Waals surface area contributed by atoms with Gasteiger partial charge in [-0.05, 0) is 32.1 Å². The van der Waals surface area contributed by atoms with E-state index in [0.717, 1.165) is 37.9 Å². The van der Waals surface area contributed by atoms with Crippen LogP contribution in [0.4, 0.5) is 0 Å². The highest BCUT2D eigenvalue weighted by atomic mass is 16.2. The second-order valence-corrected chi connectivity index (χ2v) is 4.63. The number of rotatable bonds is 0. The molecule has 1 amide bonds. The second-order valence-electron chi connectivity index (χ2n) is 4.63. The van der Waals surface area contributed by atoms with Crippen LogP contribution in [-0.4, -0.2) is 42.9 Å². The zero-order valence-electron chi connectivity index (χ0n) is 9.75. The summed E-state index contributed by atoms with van der Waals surface area (Å²) in [5, 5.41) is 0. The zero-order chi connectivity index (χ0) is 10.8. The molecule has 0 unspecified atom stereocenters. The normalized spacial score (nSPS) is 28.5. The highest BCUT2D eigenvalue weighted by Gasteiger charge is 2.25. The first-order valence-corrected chi connectivity index (χ1v) is 5.89. The fourth-order valence-electron chi connectivity index (χ4n) is 2.55. The maximum atomic E-state index is 12.0. The lowest BCUT2D eigenvalue weighted by atomic mass is 9.96. The van der Waals surface area contributed by atoms with E-state index >= 15 is 0 Å². The van der Waals surface area contributed by atoms with E-state index in [0.29, 0.717) is 0 Å². The molecule has 2 aliphatic heterocycles. The number of likely N-dealkylation sites (tertiary alicyclic amines) is 2. The molecule has 15 heavy (non-hydrogen) atoms. The van der Waals surface area contributed by atoms with Gasteiger partial charge in [0.25, 0.3) is 5.91 Å². The Hall–Kier alpha value is -0.990. The summed E-state index contributed by atoms with van der Waals surface area (Å²) in [6, 6.07) is 0. The summed E-state index contributed by atoms with van der Waals surface area (Å²) in [5.74, 6) is 0.255. The van der Waals surface area contributed by atoms with Crippen LogP contribution in [0, 0.1) is 0 Å². The van der Waals surface area contributed by atoms with Gasteiger partial charge in [-0.3, -0.25) is 4.79 Å². The molecule has 2 rings (SSSR count). The molecule has 0 aromatic heterocycles. The summed E-state index contributed by atoms with van der Waals surface area (Å²) in [6.45, 7) is 2.02. The monoisotopic (exact) mass is 208 g/mol. The minimum atomic E-state index is 0.255. The van der Waals surface area contributed by atoms with Crippen LogP contribution in [0.3, 0.4) is 0 Å². The van der Waals surface area contributed by atoms with Gasteiger partial charge in [-0.25, -0.2) is 0 Å². The van der Waals surface area contributed by atoms with Crippen molar-refractivity contribution in [2.24, 2.45) is 0 Å². The molecule has 0 saturated carbocycles. The van der Waals surface area contributed by atoms with E-state index < -0.39 is 0 Å². The SMILES string of the molecule is CN1CCCC(=C2CCCCN2C)C1=O. The van der Waals surface area contributed by atoms with Gasteiger partial charge in [-0.15, -0.1) is 0 Å². The van der Waals surface area contributed by atoms with E-state index in [2.05, 4.69) is 11.9 Å². The molecule has 0 aromatic rings. The maximum Gasteiger partial charge on any atom is 0.251 e. The third kappa shape index (κ3) is 2.01. The van der Waals surface area contributed by atoms with E-state index in [1.54, 1.807) is 0 Å². The molecule has 0 aromatic carbocycles. The van der Waals surface area contributed by atoms with Crippen molar-refractivity contribution in [1.82, 2.24) is 9.80 Å². The summed E-state index contributed by atoms with van der Waals surface area (Å²) >= 11 is 0. The summed E-state index contributed by atoms with van der Waals surface area (Å²) in [4.78, 5) is 16.1. The number of hydrogen-bond donors (Lipinski definition) is 0. The first kappa shape index (κ1) is 10.5. The van der Waals surface area contributed by atoms with Crippen LogP contribution in [0.5, 0.6) is 0 Å². The van der Waals surface area contributed by atoms with Crippen LogP contribution >= 0.6 is 0 Å². The van der Waals surface area contributed by atoms with Gasteiger partial charge in [-0.1, -0.05) is 0 Å². The fourth-order valence-corrected chi connectivity index (χ4v) is 2.55.